The van der Waals surface area contributed by atoms with Crippen LogP contribution >= 0.6 is 34.5 Å². The molecule has 2 N–H and O–H groups in total. The van der Waals surface area contributed by atoms with Gasteiger partial charge in [0.05, 0.1) is 39.3 Å². The Morgan fingerprint density at radius 3 is 2.31 bits per heavy atom. The van der Waals surface area contributed by atoms with E-state index in [4.69, 9.17) is 38.4 Å². The SMILES string of the molecule is CCOC(=O)C1=C(N)n2c(s/c(=C\c3c(F)cccc3Cl)c2=O)=C(C(=O)OC(C)C)C1c1c(F)cccc1Cl. The predicted octanol–water partition coefficient (Wildman–Crippen LogP) is 3.91. The van der Waals surface area contributed by atoms with Crippen molar-refractivity contribution in [2.45, 2.75) is 32.8 Å². The van der Waals surface area contributed by atoms with Crippen molar-refractivity contribution in [1.29, 1.82) is 0 Å². The van der Waals surface area contributed by atoms with Crippen LogP contribution in [0.5, 0.6) is 0 Å². The summed E-state index contributed by atoms with van der Waals surface area (Å²) >= 11 is 13.3. The highest BCUT2D eigenvalue weighted by molar-refractivity contribution is 7.07. The average molecular weight is 595 g/mol. The van der Waals surface area contributed by atoms with Gasteiger partial charge in [-0.05, 0) is 51.1 Å². The molecule has 0 aliphatic carbocycles. The number of esters is 2. The lowest BCUT2D eigenvalue weighted by Gasteiger charge is -2.28. The van der Waals surface area contributed by atoms with Crippen LogP contribution in [0.4, 0.5) is 8.78 Å². The molecular weight excluding hydrogens is 573 g/mol. The van der Waals surface area contributed by atoms with Crippen LogP contribution in [0.3, 0.4) is 0 Å². The number of benzene rings is 2. The Morgan fingerprint density at radius 2 is 1.72 bits per heavy atom. The fourth-order valence-electron chi connectivity index (χ4n) is 4.19. The number of nitrogens with two attached hydrogens (primary N) is 1. The van der Waals surface area contributed by atoms with E-state index in [0.717, 1.165) is 22.0 Å². The number of halogens is 4. The number of rotatable bonds is 6. The van der Waals surface area contributed by atoms with E-state index in [1.54, 1.807) is 20.8 Å². The second kappa shape index (κ2) is 11.3. The fourth-order valence-corrected chi connectivity index (χ4v) is 5.82. The third kappa shape index (κ3) is 5.24. The lowest BCUT2D eigenvalue weighted by molar-refractivity contribution is -0.140. The normalized spacial score (nSPS) is 15.5. The van der Waals surface area contributed by atoms with Gasteiger partial charge in [-0.3, -0.25) is 9.36 Å². The summed E-state index contributed by atoms with van der Waals surface area (Å²) in [7, 11) is 0. The minimum atomic E-state index is -1.48. The molecule has 0 radical (unpaired) electrons. The monoisotopic (exact) mass is 594 g/mol. The summed E-state index contributed by atoms with van der Waals surface area (Å²) in [6.45, 7) is 4.68. The summed E-state index contributed by atoms with van der Waals surface area (Å²) in [5.41, 5.74) is 4.70. The van der Waals surface area contributed by atoms with Gasteiger partial charge in [-0.1, -0.05) is 35.3 Å². The zero-order chi connectivity index (χ0) is 28.6. The van der Waals surface area contributed by atoms with Gasteiger partial charge in [-0.2, -0.15) is 0 Å². The van der Waals surface area contributed by atoms with Crippen LogP contribution in [-0.4, -0.2) is 29.2 Å². The summed E-state index contributed by atoms with van der Waals surface area (Å²) in [5, 5.41) is -0.0531. The summed E-state index contributed by atoms with van der Waals surface area (Å²) in [4.78, 5) is 40.4. The van der Waals surface area contributed by atoms with Gasteiger partial charge in [0.15, 0.2) is 0 Å². The summed E-state index contributed by atoms with van der Waals surface area (Å²) in [6.07, 6.45) is 0.600. The van der Waals surface area contributed by atoms with E-state index in [9.17, 15) is 18.8 Å². The van der Waals surface area contributed by atoms with E-state index in [-0.39, 0.29) is 48.1 Å². The highest BCUT2D eigenvalue weighted by Crippen LogP contribution is 2.42. The molecule has 4 rings (SSSR count). The Kier molecular flexibility index (Phi) is 8.29. The molecule has 0 spiro atoms. The zero-order valence-electron chi connectivity index (χ0n) is 20.9. The maximum atomic E-state index is 15.3. The summed E-state index contributed by atoms with van der Waals surface area (Å²) in [6, 6.07) is 7.89. The first kappa shape index (κ1) is 28.5. The van der Waals surface area contributed by atoms with Crippen LogP contribution in [0.25, 0.3) is 17.5 Å². The molecule has 0 bridgehead atoms. The van der Waals surface area contributed by atoms with E-state index < -0.39 is 47.0 Å². The number of fused-ring (bicyclic) bond motifs is 1. The third-order valence-corrected chi connectivity index (χ3v) is 7.54. The molecule has 0 saturated heterocycles. The first-order chi connectivity index (χ1) is 18.5. The average Bonchev–Trinajstić information content (AvgIpc) is 3.17. The molecule has 7 nitrogen and oxygen atoms in total. The number of ether oxygens (including phenoxy) is 2. The second-order valence-corrected chi connectivity index (χ2v) is 10.5. The van der Waals surface area contributed by atoms with Crippen molar-refractivity contribution in [1.82, 2.24) is 4.57 Å². The second-order valence-electron chi connectivity index (χ2n) is 8.65. The lowest BCUT2D eigenvalue weighted by atomic mass is 9.82. The number of aromatic nitrogens is 1. The molecule has 1 aromatic heterocycles. The molecule has 1 unspecified atom stereocenters. The molecule has 2 aromatic carbocycles. The van der Waals surface area contributed by atoms with Gasteiger partial charge in [0.25, 0.3) is 5.56 Å². The lowest BCUT2D eigenvalue weighted by Crippen LogP contribution is -2.42. The van der Waals surface area contributed by atoms with Crippen molar-refractivity contribution in [3.05, 3.63) is 94.3 Å². The molecule has 0 saturated carbocycles. The molecule has 204 valence electrons. The van der Waals surface area contributed by atoms with Crippen molar-refractivity contribution in [3.63, 3.8) is 0 Å². The molecular formula is C27H22Cl2F2N2O5S. The standard InChI is InChI=1S/C27H22Cl2F2N2O5S/c1-4-37-26(35)21-20(19-15(29)8-6-10-17(19)31)22(27(36)38-12(2)3)25-33(23(21)32)24(34)18(39-25)11-13-14(28)7-5-9-16(13)30/h5-12,20H,4,32H2,1-3H3/b18-11-. The number of carbonyl (C=O) groups excluding carboxylic acids is 2. The van der Waals surface area contributed by atoms with Gasteiger partial charge < -0.3 is 15.2 Å². The molecule has 1 atom stereocenters. The first-order valence-electron chi connectivity index (χ1n) is 11.7. The van der Waals surface area contributed by atoms with Crippen LogP contribution < -0.4 is 20.5 Å². The van der Waals surface area contributed by atoms with Crippen molar-refractivity contribution < 1.29 is 27.8 Å². The maximum Gasteiger partial charge on any atom is 0.338 e. The smallest absolute Gasteiger partial charge is 0.338 e. The van der Waals surface area contributed by atoms with Crippen LogP contribution in [0.2, 0.25) is 10.0 Å². The van der Waals surface area contributed by atoms with Crippen LogP contribution in [0.15, 0.2) is 46.8 Å². The highest BCUT2D eigenvalue weighted by Gasteiger charge is 2.42. The third-order valence-electron chi connectivity index (χ3n) is 5.77. The Morgan fingerprint density at radius 1 is 1.08 bits per heavy atom. The van der Waals surface area contributed by atoms with Crippen LogP contribution in [0, 0.1) is 11.6 Å². The molecule has 3 aromatic rings. The largest absolute Gasteiger partial charge is 0.463 e. The van der Waals surface area contributed by atoms with Gasteiger partial charge >= 0.3 is 11.9 Å². The summed E-state index contributed by atoms with van der Waals surface area (Å²) in [5.74, 6) is -5.31. The van der Waals surface area contributed by atoms with E-state index >= 15 is 4.39 Å². The van der Waals surface area contributed by atoms with Crippen LogP contribution in [0.1, 0.15) is 37.8 Å². The minimum Gasteiger partial charge on any atom is -0.463 e. The molecule has 1 aliphatic rings. The van der Waals surface area contributed by atoms with Gasteiger partial charge in [0.2, 0.25) is 0 Å². The fraction of sp³-hybridized carbons (Fsp3) is 0.222. The molecule has 0 fully saturated rings. The predicted molar refractivity (Wildman–Crippen MR) is 146 cm³/mol. The van der Waals surface area contributed by atoms with Crippen molar-refractivity contribution in [2.24, 2.45) is 5.73 Å². The van der Waals surface area contributed by atoms with Crippen molar-refractivity contribution in [3.8, 4) is 0 Å². The summed E-state index contributed by atoms with van der Waals surface area (Å²) < 4.78 is 41.3. The van der Waals surface area contributed by atoms with Gasteiger partial charge in [-0.25, -0.2) is 18.4 Å². The highest BCUT2D eigenvalue weighted by atomic mass is 35.5. The maximum absolute atomic E-state index is 15.3. The topological polar surface area (TPSA) is 101 Å². The Labute approximate surface area is 235 Å². The van der Waals surface area contributed by atoms with Gasteiger partial charge in [0.1, 0.15) is 22.1 Å². The van der Waals surface area contributed by atoms with Crippen LogP contribution in [-0.2, 0) is 19.1 Å². The van der Waals surface area contributed by atoms with E-state index in [2.05, 4.69) is 0 Å². The molecule has 0 amide bonds. The quantitative estimate of drug-likeness (QED) is 0.434. The molecule has 12 heteroatoms. The van der Waals surface area contributed by atoms with E-state index in [0.29, 0.717) is 0 Å². The first-order valence-corrected chi connectivity index (χ1v) is 13.3. The Bertz CT molecular complexity index is 1670. The van der Waals surface area contributed by atoms with Crippen molar-refractivity contribution >= 4 is 63.9 Å². The number of thiazole rings is 1. The molecule has 1 aliphatic heterocycles. The number of hydrogen-bond acceptors (Lipinski definition) is 7. The molecule has 2 heterocycles. The van der Waals surface area contributed by atoms with Gasteiger partial charge in [0, 0.05) is 16.1 Å². The minimum absolute atomic E-state index is 0.0424. The van der Waals surface area contributed by atoms with Crippen molar-refractivity contribution in [2.75, 3.05) is 6.61 Å². The Hall–Kier alpha value is -3.47. The number of hydrogen-bond donors (Lipinski definition) is 1. The number of carbonyl (C=O) groups is 2. The van der Waals surface area contributed by atoms with Gasteiger partial charge in [-0.15, -0.1) is 11.3 Å². The molecule has 39 heavy (non-hydrogen) atoms. The Balaban J connectivity index is 2.20. The zero-order valence-corrected chi connectivity index (χ0v) is 23.2. The number of nitrogens with zero attached hydrogens (tertiary/aromatic N) is 1. The van der Waals surface area contributed by atoms with E-state index in [1.807, 2.05) is 0 Å². The van der Waals surface area contributed by atoms with E-state index in [1.165, 1.54) is 36.4 Å².